The van der Waals surface area contributed by atoms with Gasteiger partial charge in [-0.05, 0) is 43.7 Å². The van der Waals surface area contributed by atoms with Crippen LogP contribution in [0.3, 0.4) is 0 Å². The zero-order valence-corrected chi connectivity index (χ0v) is 16.4. The Morgan fingerprint density at radius 2 is 1.89 bits per heavy atom. The highest BCUT2D eigenvalue weighted by atomic mass is 16.5. The van der Waals surface area contributed by atoms with Gasteiger partial charge < -0.3 is 15.4 Å². The highest BCUT2D eigenvalue weighted by molar-refractivity contribution is 5.80. The fourth-order valence-corrected chi connectivity index (χ4v) is 2.74. The van der Waals surface area contributed by atoms with Crippen molar-refractivity contribution >= 4 is 5.96 Å². The number of rotatable bonds is 7. The lowest BCUT2D eigenvalue weighted by molar-refractivity contribution is 0.415. The molecule has 1 atom stereocenters. The van der Waals surface area contributed by atoms with Gasteiger partial charge in [0.25, 0.3) is 0 Å². The predicted molar refractivity (Wildman–Crippen MR) is 111 cm³/mol. The monoisotopic (exact) mass is 378 g/mol. The van der Waals surface area contributed by atoms with Crippen molar-refractivity contribution in [3.8, 4) is 17.1 Å². The van der Waals surface area contributed by atoms with Crippen LogP contribution in [0.1, 0.15) is 31.3 Å². The quantitative estimate of drug-likeness (QED) is 0.434. The molecule has 0 saturated carbocycles. The molecule has 0 spiro atoms. The van der Waals surface area contributed by atoms with Crippen LogP contribution in [0.2, 0.25) is 0 Å². The first kappa shape index (κ1) is 19.4. The number of nitrogens with zero attached hydrogens (tertiary/aromatic N) is 3. The Hall–Kier alpha value is -3.35. The summed E-state index contributed by atoms with van der Waals surface area (Å²) in [4.78, 5) is 9.16. The molecule has 0 bridgehead atoms. The van der Waals surface area contributed by atoms with E-state index in [1.807, 2.05) is 49.4 Å². The van der Waals surface area contributed by atoms with Crippen LogP contribution in [0.4, 0.5) is 0 Å². The summed E-state index contributed by atoms with van der Waals surface area (Å²) < 4.78 is 5.18. The molecule has 1 heterocycles. The number of methoxy groups -OCH3 is 1. The number of nitrogens with one attached hydrogen (secondary N) is 3. The molecule has 0 fully saturated rings. The normalized spacial score (nSPS) is 12.5. The summed E-state index contributed by atoms with van der Waals surface area (Å²) in [5.41, 5.74) is 2.13. The van der Waals surface area contributed by atoms with E-state index in [4.69, 9.17) is 4.74 Å². The second kappa shape index (κ2) is 9.55. The first-order valence-corrected chi connectivity index (χ1v) is 9.35. The van der Waals surface area contributed by atoms with E-state index in [0.717, 1.165) is 23.8 Å². The molecule has 7 heteroatoms. The molecule has 3 rings (SSSR count). The first-order valence-electron chi connectivity index (χ1n) is 9.35. The lowest BCUT2D eigenvalue weighted by atomic mass is 10.1. The molecule has 146 valence electrons. The predicted octanol–water partition coefficient (Wildman–Crippen LogP) is 3.30. The number of aromatic nitrogens is 3. The van der Waals surface area contributed by atoms with Gasteiger partial charge >= 0.3 is 0 Å². The summed E-state index contributed by atoms with van der Waals surface area (Å²) in [6.07, 6.45) is 0. The number of guanidine groups is 1. The molecule has 0 radical (unpaired) electrons. The third-order valence-electron chi connectivity index (χ3n) is 4.26. The largest absolute Gasteiger partial charge is 0.497 e. The summed E-state index contributed by atoms with van der Waals surface area (Å²) in [5.74, 6) is 2.89. The van der Waals surface area contributed by atoms with Crippen molar-refractivity contribution in [3.63, 3.8) is 0 Å². The summed E-state index contributed by atoms with van der Waals surface area (Å²) >= 11 is 0. The van der Waals surface area contributed by atoms with Gasteiger partial charge in [-0.3, -0.25) is 5.10 Å². The maximum absolute atomic E-state index is 5.18. The van der Waals surface area contributed by atoms with Gasteiger partial charge in [-0.2, -0.15) is 5.10 Å². The molecule has 0 aliphatic carbocycles. The van der Waals surface area contributed by atoms with Crippen LogP contribution < -0.4 is 15.4 Å². The number of aliphatic imine (C=N–C) groups is 1. The molecule has 0 amide bonds. The second-order valence-corrected chi connectivity index (χ2v) is 6.31. The lowest BCUT2D eigenvalue weighted by Gasteiger charge is -2.18. The minimum atomic E-state index is 0.142. The van der Waals surface area contributed by atoms with Crippen LogP contribution in [-0.2, 0) is 6.54 Å². The number of H-pyrrole nitrogens is 1. The number of aromatic amines is 1. The maximum Gasteiger partial charge on any atom is 0.192 e. The fraction of sp³-hybridized carbons (Fsp3) is 0.286. The molecular formula is C21H26N6O. The van der Waals surface area contributed by atoms with Crippen molar-refractivity contribution in [2.75, 3.05) is 13.7 Å². The standard InChI is InChI=1S/C21H26N6O/c1-4-22-21(24-15(2)16-8-6-5-7-9-16)23-14-19-25-20(27-26-19)17-10-12-18(28-3)13-11-17/h5-13,15H,4,14H2,1-3H3,(H2,22,23,24)(H,25,26,27). The fourth-order valence-electron chi connectivity index (χ4n) is 2.74. The van der Waals surface area contributed by atoms with Crippen LogP contribution in [0.15, 0.2) is 59.6 Å². The van der Waals surface area contributed by atoms with Crippen molar-refractivity contribution in [1.29, 1.82) is 0 Å². The zero-order chi connectivity index (χ0) is 19.8. The van der Waals surface area contributed by atoms with Gasteiger partial charge in [0.15, 0.2) is 11.8 Å². The Balaban J connectivity index is 1.66. The van der Waals surface area contributed by atoms with Gasteiger partial charge in [0.05, 0.1) is 13.2 Å². The minimum Gasteiger partial charge on any atom is -0.497 e. The third kappa shape index (κ3) is 5.09. The minimum absolute atomic E-state index is 0.142. The van der Waals surface area contributed by atoms with E-state index < -0.39 is 0 Å². The number of ether oxygens (including phenoxy) is 1. The average Bonchev–Trinajstić information content (AvgIpc) is 3.22. The Kier molecular flexibility index (Phi) is 6.62. The second-order valence-electron chi connectivity index (χ2n) is 6.31. The molecule has 3 N–H and O–H groups in total. The van der Waals surface area contributed by atoms with Crippen LogP contribution in [-0.4, -0.2) is 34.8 Å². The SMILES string of the molecule is CCNC(=NCc1nc(-c2ccc(OC)cc2)n[nH]1)NC(C)c1ccccc1. The van der Waals surface area contributed by atoms with Crippen LogP contribution >= 0.6 is 0 Å². The van der Waals surface area contributed by atoms with Crippen molar-refractivity contribution in [2.45, 2.75) is 26.4 Å². The van der Waals surface area contributed by atoms with E-state index in [1.165, 1.54) is 5.56 Å². The van der Waals surface area contributed by atoms with Gasteiger partial charge in [0.2, 0.25) is 0 Å². The number of hydrogen-bond donors (Lipinski definition) is 3. The van der Waals surface area contributed by atoms with Crippen molar-refractivity contribution < 1.29 is 4.74 Å². The van der Waals surface area contributed by atoms with E-state index in [0.29, 0.717) is 18.2 Å². The molecule has 7 nitrogen and oxygen atoms in total. The lowest BCUT2D eigenvalue weighted by Crippen LogP contribution is -2.38. The van der Waals surface area contributed by atoms with E-state index in [9.17, 15) is 0 Å². The summed E-state index contributed by atoms with van der Waals surface area (Å²) in [6, 6.07) is 18.1. The number of benzene rings is 2. The van der Waals surface area contributed by atoms with Crippen LogP contribution in [0, 0.1) is 0 Å². The van der Waals surface area contributed by atoms with E-state index in [1.54, 1.807) is 7.11 Å². The maximum atomic E-state index is 5.18. The molecule has 0 aliphatic heterocycles. The first-order chi connectivity index (χ1) is 13.7. The zero-order valence-electron chi connectivity index (χ0n) is 16.4. The van der Waals surface area contributed by atoms with Gasteiger partial charge in [-0.15, -0.1) is 0 Å². The molecule has 28 heavy (non-hydrogen) atoms. The highest BCUT2D eigenvalue weighted by Gasteiger charge is 2.09. The summed E-state index contributed by atoms with van der Waals surface area (Å²) in [6.45, 7) is 5.33. The molecular weight excluding hydrogens is 352 g/mol. The van der Waals surface area contributed by atoms with Crippen molar-refractivity contribution in [1.82, 2.24) is 25.8 Å². The van der Waals surface area contributed by atoms with E-state index in [-0.39, 0.29) is 6.04 Å². The van der Waals surface area contributed by atoms with Crippen LogP contribution in [0.5, 0.6) is 5.75 Å². The Labute approximate surface area is 165 Å². The number of hydrogen-bond acceptors (Lipinski definition) is 4. The van der Waals surface area contributed by atoms with Gasteiger partial charge in [-0.1, -0.05) is 30.3 Å². The highest BCUT2D eigenvalue weighted by Crippen LogP contribution is 2.19. The molecule has 3 aromatic rings. The molecule has 1 aromatic heterocycles. The molecule has 2 aromatic carbocycles. The Bertz CT molecular complexity index is 889. The topological polar surface area (TPSA) is 87.2 Å². The van der Waals surface area contributed by atoms with E-state index in [2.05, 4.69) is 49.9 Å². The van der Waals surface area contributed by atoms with Gasteiger partial charge in [0, 0.05) is 12.1 Å². The summed E-state index contributed by atoms with van der Waals surface area (Å²) in [5, 5.41) is 13.9. The van der Waals surface area contributed by atoms with Gasteiger partial charge in [-0.25, -0.2) is 9.98 Å². The molecule has 0 aliphatic rings. The van der Waals surface area contributed by atoms with E-state index >= 15 is 0 Å². The van der Waals surface area contributed by atoms with Gasteiger partial charge in [0.1, 0.15) is 18.1 Å². The smallest absolute Gasteiger partial charge is 0.192 e. The van der Waals surface area contributed by atoms with Crippen molar-refractivity contribution in [3.05, 3.63) is 66.0 Å². The Morgan fingerprint density at radius 1 is 1.14 bits per heavy atom. The third-order valence-corrected chi connectivity index (χ3v) is 4.26. The van der Waals surface area contributed by atoms with Crippen molar-refractivity contribution in [2.24, 2.45) is 4.99 Å². The Morgan fingerprint density at radius 3 is 2.57 bits per heavy atom. The molecule has 0 saturated heterocycles. The molecule has 1 unspecified atom stereocenters. The van der Waals surface area contributed by atoms with Crippen LogP contribution in [0.25, 0.3) is 11.4 Å². The summed E-state index contributed by atoms with van der Waals surface area (Å²) in [7, 11) is 1.65. The average molecular weight is 378 g/mol.